The molecule has 0 aromatic heterocycles. The molecule has 2 aromatic carbocycles. The predicted octanol–water partition coefficient (Wildman–Crippen LogP) is 4.54. The molecule has 1 unspecified atom stereocenters. The van der Waals surface area contributed by atoms with Crippen LogP contribution in [0.25, 0.3) is 0 Å². The Hall–Kier alpha value is -2.89. The van der Waals surface area contributed by atoms with E-state index in [0.717, 1.165) is 17.5 Å². The molecule has 0 aliphatic heterocycles. The van der Waals surface area contributed by atoms with Crippen LogP contribution in [0.5, 0.6) is 0 Å². The second-order valence-corrected chi connectivity index (χ2v) is 6.80. The van der Waals surface area contributed by atoms with Gasteiger partial charge in [-0.05, 0) is 48.7 Å². The van der Waals surface area contributed by atoms with Gasteiger partial charge in [0, 0.05) is 31.2 Å². The molecule has 0 spiro atoms. The van der Waals surface area contributed by atoms with Crippen molar-refractivity contribution in [3.8, 4) is 0 Å². The summed E-state index contributed by atoms with van der Waals surface area (Å²) in [5, 5.41) is 5.77. The van der Waals surface area contributed by atoms with Crippen molar-refractivity contribution in [1.29, 1.82) is 0 Å². The Morgan fingerprint density at radius 1 is 1.07 bits per heavy atom. The lowest BCUT2D eigenvalue weighted by Gasteiger charge is -2.21. The van der Waals surface area contributed by atoms with Gasteiger partial charge in [-0.3, -0.25) is 4.79 Å². The highest BCUT2D eigenvalue weighted by Gasteiger charge is 2.13. The monoisotopic (exact) mass is 385 g/mol. The Kier molecular flexibility index (Phi) is 7.99. The summed E-state index contributed by atoms with van der Waals surface area (Å²) in [7, 11) is 0. The molecule has 0 bridgehead atoms. The number of rotatable bonds is 8. The lowest BCUT2D eigenvalue weighted by atomic mass is 10.1. The van der Waals surface area contributed by atoms with Crippen molar-refractivity contribution in [3.05, 3.63) is 65.5 Å². The van der Waals surface area contributed by atoms with Crippen molar-refractivity contribution in [2.24, 2.45) is 5.92 Å². The number of nitrogens with zero attached hydrogens (tertiary/aromatic N) is 1. The highest BCUT2D eigenvalue weighted by molar-refractivity contribution is 5.92. The number of anilines is 1. The predicted molar refractivity (Wildman–Crippen MR) is 109 cm³/mol. The zero-order valence-corrected chi connectivity index (χ0v) is 16.7. The lowest BCUT2D eigenvalue weighted by molar-refractivity contribution is -0.119. The Morgan fingerprint density at radius 3 is 2.46 bits per heavy atom. The fraction of sp³-hybridized carbons (Fsp3) is 0.364. The van der Waals surface area contributed by atoms with E-state index in [1.165, 1.54) is 12.1 Å². The molecule has 2 N–H and O–H groups in total. The summed E-state index contributed by atoms with van der Waals surface area (Å²) in [5.74, 6) is -0.384. The van der Waals surface area contributed by atoms with Crippen molar-refractivity contribution in [2.75, 3.05) is 11.9 Å². The molecule has 5 nitrogen and oxygen atoms in total. The Bertz CT molecular complexity index is 810. The van der Waals surface area contributed by atoms with E-state index < -0.39 is 0 Å². The van der Waals surface area contributed by atoms with E-state index >= 15 is 0 Å². The van der Waals surface area contributed by atoms with Crippen molar-refractivity contribution in [1.82, 2.24) is 10.2 Å². The summed E-state index contributed by atoms with van der Waals surface area (Å²) < 4.78 is 13.3. The van der Waals surface area contributed by atoms with E-state index in [-0.39, 0.29) is 23.7 Å². The van der Waals surface area contributed by atoms with Crippen LogP contribution < -0.4 is 10.6 Å². The molecule has 0 radical (unpaired) electrons. The van der Waals surface area contributed by atoms with Crippen LogP contribution >= 0.6 is 0 Å². The largest absolute Gasteiger partial charge is 0.334 e. The van der Waals surface area contributed by atoms with Gasteiger partial charge in [0.25, 0.3) is 0 Å². The first kappa shape index (κ1) is 21.4. The van der Waals surface area contributed by atoms with Crippen LogP contribution in [0.4, 0.5) is 14.9 Å². The molecule has 2 rings (SSSR count). The maximum atomic E-state index is 13.3. The van der Waals surface area contributed by atoms with Gasteiger partial charge in [0.15, 0.2) is 0 Å². The third kappa shape index (κ3) is 6.37. The van der Waals surface area contributed by atoms with Crippen LogP contribution in [-0.4, -0.2) is 23.4 Å². The molecule has 0 heterocycles. The Labute approximate surface area is 165 Å². The molecule has 0 fully saturated rings. The fourth-order valence-electron chi connectivity index (χ4n) is 2.68. The Balaban J connectivity index is 1.93. The minimum Gasteiger partial charge on any atom is -0.334 e. The van der Waals surface area contributed by atoms with Crippen LogP contribution in [0.3, 0.4) is 0 Å². The van der Waals surface area contributed by atoms with Gasteiger partial charge < -0.3 is 15.5 Å². The molecule has 1 atom stereocenters. The number of carbonyl (C=O) groups excluding carboxylic acids is 2. The number of carbonyl (C=O) groups is 2. The molecular formula is C22H28FN3O2. The third-order valence-electron chi connectivity index (χ3n) is 4.63. The third-order valence-corrected chi connectivity index (χ3v) is 4.63. The quantitative estimate of drug-likeness (QED) is 0.701. The topological polar surface area (TPSA) is 61.4 Å². The van der Waals surface area contributed by atoms with Gasteiger partial charge in [-0.2, -0.15) is 0 Å². The summed E-state index contributed by atoms with van der Waals surface area (Å²) in [6.45, 7) is 6.92. The first-order chi connectivity index (χ1) is 13.4. The van der Waals surface area contributed by atoms with Crippen molar-refractivity contribution in [3.63, 3.8) is 0 Å². The molecule has 2 aromatic rings. The highest BCUT2D eigenvalue weighted by atomic mass is 19.1. The average molecular weight is 385 g/mol. The van der Waals surface area contributed by atoms with Gasteiger partial charge in [-0.15, -0.1) is 0 Å². The number of hydrogen-bond acceptors (Lipinski definition) is 2. The van der Waals surface area contributed by atoms with Gasteiger partial charge in [0.05, 0.1) is 0 Å². The van der Waals surface area contributed by atoms with E-state index in [0.29, 0.717) is 25.3 Å². The Morgan fingerprint density at radius 2 is 1.79 bits per heavy atom. The second-order valence-electron chi connectivity index (χ2n) is 6.80. The molecule has 28 heavy (non-hydrogen) atoms. The van der Waals surface area contributed by atoms with E-state index in [9.17, 15) is 14.0 Å². The van der Waals surface area contributed by atoms with Crippen LogP contribution in [0, 0.1) is 11.7 Å². The normalized spacial score (nSPS) is 11.6. The molecule has 0 aliphatic rings. The van der Waals surface area contributed by atoms with Gasteiger partial charge in [-0.1, -0.05) is 38.1 Å². The minimum atomic E-state index is -0.315. The summed E-state index contributed by atoms with van der Waals surface area (Å²) >= 11 is 0. The zero-order valence-electron chi connectivity index (χ0n) is 16.7. The summed E-state index contributed by atoms with van der Waals surface area (Å²) in [6, 6.07) is 13.4. The summed E-state index contributed by atoms with van der Waals surface area (Å²) in [5.41, 5.74) is 2.34. The SMILES string of the molecule is CCC(C)C(=O)Nc1cccc(CNC(=O)N(CC)Cc2cccc(F)c2)c1. The smallest absolute Gasteiger partial charge is 0.317 e. The van der Waals surface area contributed by atoms with Crippen LogP contribution in [0.15, 0.2) is 48.5 Å². The van der Waals surface area contributed by atoms with Gasteiger partial charge in [0.2, 0.25) is 5.91 Å². The highest BCUT2D eigenvalue weighted by Crippen LogP contribution is 2.13. The first-order valence-corrected chi connectivity index (χ1v) is 9.60. The van der Waals surface area contributed by atoms with Gasteiger partial charge in [-0.25, -0.2) is 9.18 Å². The van der Waals surface area contributed by atoms with Gasteiger partial charge >= 0.3 is 6.03 Å². The van der Waals surface area contributed by atoms with Crippen molar-refractivity contribution >= 4 is 17.6 Å². The van der Waals surface area contributed by atoms with E-state index in [1.54, 1.807) is 17.0 Å². The van der Waals surface area contributed by atoms with Crippen LogP contribution in [0.2, 0.25) is 0 Å². The maximum absolute atomic E-state index is 13.3. The molecule has 0 aliphatic carbocycles. The number of halogens is 1. The number of amides is 3. The molecule has 6 heteroatoms. The molecule has 150 valence electrons. The zero-order chi connectivity index (χ0) is 20.5. The number of hydrogen-bond donors (Lipinski definition) is 2. The standard InChI is InChI=1S/C22H28FN3O2/c1-4-16(3)21(27)25-20-11-7-8-17(13-20)14-24-22(28)26(5-2)15-18-9-6-10-19(23)12-18/h6-13,16H,4-5,14-15H2,1-3H3,(H,24,28)(H,25,27). The van der Waals surface area contributed by atoms with E-state index in [2.05, 4.69) is 10.6 Å². The lowest BCUT2D eigenvalue weighted by Crippen LogP contribution is -2.39. The van der Waals surface area contributed by atoms with Crippen molar-refractivity contribution < 1.29 is 14.0 Å². The van der Waals surface area contributed by atoms with Crippen molar-refractivity contribution in [2.45, 2.75) is 40.3 Å². The summed E-state index contributed by atoms with van der Waals surface area (Å²) in [4.78, 5) is 26.1. The number of urea groups is 1. The second kappa shape index (κ2) is 10.4. The fourth-order valence-corrected chi connectivity index (χ4v) is 2.68. The molecule has 0 saturated heterocycles. The molecule has 0 saturated carbocycles. The van der Waals surface area contributed by atoms with Gasteiger partial charge in [0.1, 0.15) is 5.82 Å². The number of benzene rings is 2. The van der Waals surface area contributed by atoms with Crippen LogP contribution in [-0.2, 0) is 17.9 Å². The van der Waals surface area contributed by atoms with E-state index in [4.69, 9.17) is 0 Å². The first-order valence-electron chi connectivity index (χ1n) is 9.60. The molecule has 3 amide bonds. The average Bonchev–Trinajstić information content (AvgIpc) is 2.69. The minimum absolute atomic E-state index is 0.0177. The summed E-state index contributed by atoms with van der Waals surface area (Å²) in [6.07, 6.45) is 0.778. The van der Waals surface area contributed by atoms with Crippen LogP contribution in [0.1, 0.15) is 38.3 Å². The van der Waals surface area contributed by atoms with E-state index in [1.807, 2.05) is 45.0 Å². The molecular weight excluding hydrogens is 357 g/mol. The number of nitrogens with one attached hydrogen (secondary N) is 2. The maximum Gasteiger partial charge on any atom is 0.317 e.